The van der Waals surface area contributed by atoms with Crippen molar-refractivity contribution >= 4 is 11.9 Å². The molecule has 0 aromatic rings. The van der Waals surface area contributed by atoms with Crippen molar-refractivity contribution in [3.05, 3.63) is 24.3 Å². The Morgan fingerprint density at radius 2 is 0.595 bits per heavy atom. The van der Waals surface area contributed by atoms with E-state index in [2.05, 4.69) is 31.3 Å². The van der Waals surface area contributed by atoms with Crippen LogP contribution in [0.4, 0.5) is 0 Å². The van der Waals surface area contributed by atoms with Crippen LogP contribution in [-0.4, -0.2) is 47.4 Å². The molecular weight excluding hydrogens is 971 g/mol. The van der Waals surface area contributed by atoms with E-state index in [4.69, 9.17) is 4.74 Å². The van der Waals surface area contributed by atoms with E-state index in [-0.39, 0.29) is 18.5 Å². The summed E-state index contributed by atoms with van der Waals surface area (Å²) in [7, 11) is 0. The van der Waals surface area contributed by atoms with Crippen molar-refractivity contribution in [2.24, 2.45) is 0 Å². The van der Waals surface area contributed by atoms with Gasteiger partial charge < -0.3 is 20.3 Å². The van der Waals surface area contributed by atoms with Crippen molar-refractivity contribution in [1.82, 2.24) is 5.32 Å². The largest absolute Gasteiger partial charge is 0.466 e. The lowest BCUT2D eigenvalue weighted by molar-refractivity contribution is -0.143. The molecule has 0 aromatic carbocycles. The number of allylic oxidation sites excluding steroid dienone is 3. The number of amides is 1. The third kappa shape index (κ3) is 65.4. The van der Waals surface area contributed by atoms with Gasteiger partial charge in [0.1, 0.15) is 0 Å². The van der Waals surface area contributed by atoms with Gasteiger partial charge >= 0.3 is 5.97 Å². The number of aliphatic hydroxyl groups is 2. The van der Waals surface area contributed by atoms with Crippen LogP contribution < -0.4 is 5.32 Å². The number of esters is 1. The Hall–Kier alpha value is -1.66. The molecule has 0 aliphatic carbocycles. The molecule has 0 aromatic heterocycles. The van der Waals surface area contributed by atoms with Crippen LogP contribution in [0.2, 0.25) is 0 Å². The van der Waals surface area contributed by atoms with Gasteiger partial charge in [-0.15, -0.1) is 0 Å². The molecule has 2 unspecified atom stereocenters. The van der Waals surface area contributed by atoms with E-state index < -0.39 is 12.1 Å². The van der Waals surface area contributed by atoms with E-state index in [9.17, 15) is 19.8 Å². The minimum atomic E-state index is -0.846. The molecule has 0 heterocycles. The molecule has 468 valence electrons. The molecule has 0 rings (SSSR count). The number of hydrogen-bond acceptors (Lipinski definition) is 5. The minimum absolute atomic E-state index is 0.0176. The van der Waals surface area contributed by atoms with Gasteiger partial charge in [-0.3, -0.25) is 9.59 Å². The van der Waals surface area contributed by atoms with E-state index in [1.165, 1.54) is 340 Å². The lowest BCUT2D eigenvalue weighted by Crippen LogP contribution is -2.45. The molecule has 2 atom stereocenters. The third-order valence-electron chi connectivity index (χ3n) is 17.0. The summed E-state index contributed by atoms with van der Waals surface area (Å²) in [5.41, 5.74) is 0. The number of hydrogen-bond donors (Lipinski definition) is 3. The monoisotopic (exact) mass is 1110 g/mol. The van der Waals surface area contributed by atoms with Gasteiger partial charge in [-0.1, -0.05) is 359 Å². The second-order valence-electron chi connectivity index (χ2n) is 24.9. The van der Waals surface area contributed by atoms with Crippen molar-refractivity contribution in [3.63, 3.8) is 0 Å². The Labute approximate surface area is 494 Å². The van der Waals surface area contributed by atoms with E-state index in [1.54, 1.807) is 6.08 Å². The van der Waals surface area contributed by atoms with Crippen LogP contribution >= 0.6 is 0 Å². The summed E-state index contributed by atoms with van der Waals surface area (Å²) in [6.07, 6.45) is 86.9. The summed E-state index contributed by atoms with van der Waals surface area (Å²) in [4.78, 5) is 24.6. The first kappa shape index (κ1) is 77.3. The van der Waals surface area contributed by atoms with Crippen LogP contribution in [0.3, 0.4) is 0 Å². The molecule has 6 nitrogen and oxygen atoms in total. The first-order valence-corrected chi connectivity index (χ1v) is 36.1. The average Bonchev–Trinajstić information content (AvgIpc) is 3.45. The number of carbonyl (C=O) groups excluding carboxylic acids is 2. The van der Waals surface area contributed by atoms with Crippen molar-refractivity contribution < 1.29 is 24.5 Å². The predicted octanol–water partition coefficient (Wildman–Crippen LogP) is 23.3. The molecule has 0 aliphatic rings. The average molecular weight is 1110 g/mol. The molecule has 3 N–H and O–H groups in total. The minimum Gasteiger partial charge on any atom is -0.466 e. The van der Waals surface area contributed by atoms with E-state index in [0.29, 0.717) is 19.4 Å². The first-order valence-electron chi connectivity index (χ1n) is 36.1. The molecular formula is C73H141NO5. The van der Waals surface area contributed by atoms with E-state index in [0.717, 1.165) is 38.5 Å². The molecule has 79 heavy (non-hydrogen) atoms. The normalized spacial score (nSPS) is 12.6. The van der Waals surface area contributed by atoms with Crippen LogP contribution in [0.25, 0.3) is 0 Å². The summed E-state index contributed by atoms with van der Waals surface area (Å²) in [6, 6.07) is -0.630. The maximum absolute atomic E-state index is 12.5. The van der Waals surface area contributed by atoms with Gasteiger partial charge in [0.2, 0.25) is 5.91 Å². The predicted molar refractivity (Wildman–Crippen MR) is 347 cm³/mol. The van der Waals surface area contributed by atoms with Crippen LogP contribution in [-0.2, 0) is 14.3 Å². The van der Waals surface area contributed by atoms with Gasteiger partial charge in [0.25, 0.3) is 0 Å². The highest BCUT2D eigenvalue weighted by Crippen LogP contribution is 2.19. The summed E-state index contributed by atoms with van der Waals surface area (Å²) in [5, 5.41) is 23.3. The topological polar surface area (TPSA) is 95.9 Å². The van der Waals surface area contributed by atoms with Gasteiger partial charge in [-0.05, 0) is 57.8 Å². The van der Waals surface area contributed by atoms with E-state index >= 15 is 0 Å². The number of carbonyl (C=O) groups is 2. The fourth-order valence-electron chi connectivity index (χ4n) is 11.5. The zero-order valence-corrected chi connectivity index (χ0v) is 53.6. The van der Waals surface area contributed by atoms with Gasteiger partial charge in [-0.2, -0.15) is 0 Å². The standard InChI is InChI=1S/C73H141NO5/c1-3-5-7-9-11-13-15-17-19-20-21-28-31-34-38-41-45-49-53-57-61-65-71(76)70(69-75)74-72(77)66-62-58-54-50-46-42-39-35-32-29-26-24-22-23-25-27-30-33-36-40-44-48-52-56-60-64-68-79-73(78)67-63-59-55-51-47-43-37-18-16-14-12-10-8-6-4-2/h22,24,61,65,70-71,75-76H,3-21,23,25-60,62-64,66-69H2,1-2H3,(H,74,77)/b24-22-,65-61+. The lowest BCUT2D eigenvalue weighted by Gasteiger charge is -2.20. The summed E-state index contributed by atoms with van der Waals surface area (Å²) in [6.45, 7) is 4.95. The molecule has 6 heteroatoms. The van der Waals surface area contributed by atoms with Crippen LogP contribution in [0.1, 0.15) is 406 Å². The number of rotatable bonds is 68. The second kappa shape index (κ2) is 68.8. The molecule has 1 amide bonds. The number of unbranched alkanes of at least 4 members (excludes halogenated alkanes) is 55. The zero-order chi connectivity index (χ0) is 57.1. The summed E-state index contributed by atoms with van der Waals surface area (Å²) < 4.78 is 5.50. The molecule has 0 radical (unpaired) electrons. The van der Waals surface area contributed by atoms with Crippen molar-refractivity contribution in [2.75, 3.05) is 13.2 Å². The van der Waals surface area contributed by atoms with Gasteiger partial charge in [-0.25, -0.2) is 0 Å². The molecule has 0 spiro atoms. The molecule has 0 bridgehead atoms. The molecule has 0 saturated heterocycles. The van der Waals surface area contributed by atoms with Gasteiger partial charge in [0.15, 0.2) is 0 Å². The van der Waals surface area contributed by atoms with Gasteiger partial charge in [0.05, 0.1) is 25.4 Å². The first-order chi connectivity index (χ1) is 39.0. The zero-order valence-electron chi connectivity index (χ0n) is 53.6. The fourth-order valence-corrected chi connectivity index (χ4v) is 11.5. The Morgan fingerprint density at radius 1 is 0.342 bits per heavy atom. The second-order valence-corrected chi connectivity index (χ2v) is 24.9. The highest BCUT2D eigenvalue weighted by Gasteiger charge is 2.18. The fraction of sp³-hybridized carbons (Fsp3) is 0.918. The quantitative estimate of drug-likeness (QED) is 0.0320. The Bertz CT molecular complexity index is 1230. The Balaban J connectivity index is 3.41. The van der Waals surface area contributed by atoms with Crippen LogP contribution in [0.15, 0.2) is 24.3 Å². The van der Waals surface area contributed by atoms with Crippen molar-refractivity contribution in [1.29, 1.82) is 0 Å². The molecule has 0 saturated carbocycles. The summed E-state index contributed by atoms with van der Waals surface area (Å²) in [5.74, 6) is -0.0480. The summed E-state index contributed by atoms with van der Waals surface area (Å²) >= 11 is 0. The van der Waals surface area contributed by atoms with Crippen LogP contribution in [0.5, 0.6) is 0 Å². The van der Waals surface area contributed by atoms with Crippen LogP contribution in [0, 0.1) is 0 Å². The SMILES string of the molecule is CCCCCCCCCCCCCCCCCCCCC/C=C/C(O)C(CO)NC(=O)CCCCCCCCCCCC/C=C\CCCCCCCCCCCCCCOC(=O)CCCCCCCCCCCCCCCCC. The Morgan fingerprint density at radius 3 is 0.899 bits per heavy atom. The lowest BCUT2D eigenvalue weighted by atomic mass is 10.0. The Kier molecular flexibility index (Phi) is 67.4. The van der Waals surface area contributed by atoms with Crippen molar-refractivity contribution in [3.8, 4) is 0 Å². The molecule has 0 fully saturated rings. The third-order valence-corrected chi connectivity index (χ3v) is 17.0. The maximum atomic E-state index is 12.5. The number of ether oxygens (including phenoxy) is 1. The van der Waals surface area contributed by atoms with Gasteiger partial charge in [0, 0.05) is 12.8 Å². The molecule has 0 aliphatic heterocycles. The van der Waals surface area contributed by atoms with Crippen molar-refractivity contribution in [2.45, 2.75) is 418 Å². The number of aliphatic hydroxyl groups excluding tert-OH is 2. The van der Waals surface area contributed by atoms with E-state index in [1.807, 2.05) is 6.08 Å². The smallest absolute Gasteiger partial charge is 0.305 e. The highest BCUT2D eigenvalue weighted by molar-refractivity contribution is 5.76. The maximum Gasteiger partial charge on any atom is 0.305 e. The number of nitrogens with one attached hydrogen (secondary N) is 1. The highest BCUT2D eigenvalue weighted by atomic mass is 16.5.